The Morgan fingerprint density at radius 1 is 0.973 bits per heavy atom. The molecule has 0 radical (unpaired) electrons. The summed E-state index contributed by atoms with van der Waals surface area (Å²) in [4.78, 5) is 40.0. The molecule has 5 aromatic rings. The number of phenols is 1. The molecule has 0 bridgehead atoms. The van der Waals surface area contributed by atoms with Crippen LogP contribution in [-0.2, 0) is 17.8 Å². The smallest absolute Gasteiger partial charge is 0.312 e. The van der Waals surface area contributed by atoms with Crippen LogP contribution in [0.15, 0.2) is 80.9 Å². The summed E-state index contributed by atoms with van der Waals surface area (Å²) >= 11 is 0. The molecule has 0 fully saturated rings. The number of para-hydroxylation sites is 1. The van der Waals surface area contributed by atoms with Crippen molar-refractivity contribution in [2.45, 2.75) is 31.7 Å². The molecule has 4 heterocycles. The van der Waals surface area contributed by atoms with E-state index in [0.29, 0.717) is 28.8 Å². The number of hydrogen-bond donors (Lipinski definition) is 1. The zero-order chi connectivity index (χ0) is 25.3. The van der Waals surface area contributed by atoms with E-state index in [1.54, 1.807) is 16.7 Å². The normalized spacial score (nSPS) is 16.5. The lowest BCUT2D eigenvalue weighted by molar-refractivity contribution is -0.135. The topological polar surface area (TPSA) is 98.7 Å². The van der Waals surface area contributed by atoms with E-state index in [9.17, 15) is 19.5 Å². The van der Waals surface area contributed by atoms with Crippen molar-refractivity contribution in [3.63, 3.8) is 0 Å². The predicted octanol–water partition coefficient (Wildman–Crippen LogP) is 4.87. The van der Waals surface area contributed by atoms with E-state index in [4.69, 9.17) is 9.15 Å². The van der Waals surface area contributed by atoms with Crippen LogP contribution in [0.25, 0.3) is 33.0 Å². The molecule has 7 heteroatoms. The van der Waals surface area contributed by atoms with Crippen molar-refractivity contribution in [3.8, 4) is 22.6 Å². The van der Waals surface area contributed by atoms with Gasteiger partial charge in [-0.1, -0.05) is 48.5 Å². The number of phenolic OH excluding ortho intramolecular Hbond substituents is 1. The summed E-state index contributed by atoms with van der Waals surface area (Å²) in [6.07, 6.45) is 3.04. The molecule has 0 spiro atoms. The Morgan fingerprint density at radius 2 is 1.81 bits per heavy atom. The number of nitrogens with zero attached hydrogens (tertiary/aromatic N) is 1. The Bertz CT molecular complexity index is 1880. The number of carbonyl (C=O) groups is 1. The van der Waals surface area contributed by atoms with Gasteiger partial charge in [-0.15, -0.1) is 0 Å². The van der Waals surface area contributed by atoms with Crippen LogP contribution < -0.4 is 15.7 Å². The van der Waals surface area contributed by atoms with Crippen molar-refractivity contribution in [2.75, 3.05) is 0 Å². The summed E-state index contributed by atoms with van der Waals surface area (Å²) in [6, 6.07) is 18.1. The van der Waals surface area contributed by atoms with E-state index < -0.39 is 17.3 Å². The Morgan fingerprint density at radius 3 is 2.65 bits per heavy atom. The minimum absolute atomic E-state index is 0.00688. The third-order valence-electron chi connectivity index (χ3n) is 7.48. The van der Waals surface area contributed by atoms with Gasteiger partial charge in [0.25, 0.3) is 5.56 Å². The van der Waals surface area contributed by atoms with Gasteiger partial charge in [-0.2, -0.15) is 0 Å². The van der Waals surface area contributed by atoms with E-state index in [1.807, 2.05) is 42.5 Å². The average molecular weight is 491 g/mol. The molecule has 2 aliphatic rings. The third kappa shape index (κ3) is 3.17. The molecule has 0 saturated carbocycles. The lowest BCUT2D eigenvalue weighted by Crippen LogP contribution is -2.31. The molecule has 182 valence electrons. The Hall–Kier alpha value is -4.65. The fourth-order valence-electron chi connectivity index (χ4n) is 5.85. The van der Waals surface area contributed by atoms with E-state index in [2.05, 4.69) is 0 Å². The average Bonchev–Trinajstić information content (AvgIpc) is 2.90. The fourth-order valence-corrected chi connectivity index (χ4v) is 5.85. The van der Waals surface area contributed by atoms with Crippen molar-refractivity contribution in [2.24, 2.45) is 0 Å². The maximum atomic E-state index is 13.8. The number of aromatic hydroxyl groups is 1. The molecular weight excluding hydrogens is 470 g/mol. The first-order valence-electron chi connectivity index (χ1n) is 12.2. The molecule has 37 heavy (non-hydrogen) atoms. The van der Waals surface area contributed by atoms with Gasteiger partial charge in [-0.3, -0.25) is 14.4 Å². The zero-order valence-corrected chi connectivity index (χ0v) is 19.7. The molecule has 0 aliphatic carbocycles. The lowest BCUT2D eigenvalue weighted by atomic mass is 9.84. The van der Waals surface area contributed by atoms with Gasteiger partial charge in [-0.25, -0.2) is 0 Å². The molecule has 2 aromatic heterocycles. The van der Waals surface area contributed by atoms with Gasteiger partial charge < -0.3 is 18.8 Å². The maximum absolute atomic E-state index is 13.8. The zero-order valence-electron chi connectivity index (χ0n) is 19.7. The number of ether oxygens (including phenoxy) is 1. The summed E-state index contributed by atoms with van der Waals surface area (Å²) in [7, 11) is 0. The van der Waals surface area contributed by atoms with Crippen molar-refractivity contribution in [1.82, 2.24) is 4.57 Å². The number of fused-ring (bicyclic) bond motifs is 3. The van der Waals surface area contributed by atoms with Gasteiger partial charge in [0.1, 0.15) is 28.7 Å². The van der Waals surface area contributed by atoms with E-state index in [1.165, 1.54) is 12.3 Å². The second kappa shape index (κ2) is 7.93. The Kier molecular flexibility index (Phi) is 4.63. The van der Waals surface area contributed by atoms with Crippen LogP contribution in [-0.4, -0.2) is 15.6 Å². The van der Waals surface area contributed by atoms with Crippen molar-refractivity contribution in [1.29, 1.82) is 0 Å². The predicted molar refractivity (Wildman–Crippen MR) is 138 cm³/mol. The summed E-state index contributed by atoms with van der Waals surface area (Å²) in [6.45, 7) is 0.593. The highest BCUT2D eigenvalue weighted by Crippen LogP contribution is 2.45. The molecule has 0 unspecified atom stereocenters. The Labute approximate surface area is 210 Å². The van der Waals surface area contributed by atoms with Gasteiger partial charge in [0.15, 0.2) is 0 Å². The van der Waals surface area contributed by atoms with Crippen LogP contribution in [0.2, 0.25) is 0 Å². The van der Waals surface area contributed by atoms with E-state index in [-0.39, 0.29) is 34.4 Å². The van der Waals surface area contributed by atoms with Crippen LogP contribution in [0, 0.1) is 0 Å². The molecular formula is C30H21NO6. The first-order chi connectivity index (χ1) is 18.0. The quantitative estimate of drug-likeness (QED) is 0.280. The molecule has 7 rings (SSSR count). The number of esters is 1. The number of hydrogen-bond acceptors (Lipinski definition) is 6. The number of carbonyl (C=O) groups excluding carboxylic acids is 1. The minimum Gasteiger partial charge on any atom is -0.507 e. The highest BCUT2D eigenvalue weighted by Gasteiger charge is 2.36. The number of aryl methyl sites for hydroxylation is 2. The molecule has 0 amide bonds. The second-order valence-electron chi connectivity index (χ2n) is 9.60. The minimum atomic E-state index is -0.698. The van der Waals surface area contributed by atoms with Crippen LogP contribution >= 0.6 is 0 Å². The van der Waals surface area contributed by atoms with E-state index in [0.717, 1.165) is 29.3 Å². The van der Waals surface area contributed by atoms with Gasteiger partial charge in [-0.05, 0) is 35.4 Å². The van der Waals surface area contributed by atoms with Gasteiger partial charge in [0.2, 0.25) is 5.43 Å². The number of benzene rings is 3. The highest BCUT2D eigenvalue weighted by molar-refractivity contribution is 5.94. The highest BCUT2D eigenvalue weighted by atomic mass is 16.5. The van der Waals surface area contributed by atoms with Crippen LogP contribution in [0.5, 0.6) is 11.5 Å². The van der Waals surface area contributed by atoms with Gasteiger partial charge >= 0.3 is 5.97 Å². The van der Waals surface area contributed by atoms with Crippen LogP contribution in [0.4, 0.5) is 0 Å². The monoisotopic (exact) mass is 491 g/mol. The molecule has 7 nitrogen and oxygen atoms in total. The maximum Gasteiger partial charge on any atom is 0.312 e. The molecule has 1 N–H and O–H groups in total. The van der Waals surface area contributed by atoms with Gasteiger partial charge in [0.05, 0.1) is 17.5 Å². The second-order valence-corrected chi connectivity index (χ2v) is 9.60. The fraction of sp³-hybridized carbons (Fsp3) is 0.167. The molecule has 1 atom stereocenters. The van der Waals surface area contributed by atoms with Crippen molar-refractivity contribution >= 4 is 27.8 Å². The summed E-state index contributed by atoms with van der Waals surface area (Å²) in [5.74, 6) is -1.47. The Balaban J connectivity index is 1.52. The summed E-state index contributed by atoms with van der Waals surface area (Å²) in [5.41, 5.74) is 3.40. The molecule has 2 aliphatic heterocycles. The van der Waals surface area contributed by atoms with E-state index >= 15 is 0 Å². The van der Waals surface area contributed by atoms with Gasteiger partial charge in [0, 0.05) is 29.7 Å². The first-order valence-corrected chi connectivity index (χ1v) is 12.2. The number of pyridine rings is 1. The van der Waals surface area contributed by atoms with Crippen molar-refractivity contribution in [3.05, 3.63) is 104 Å². The summed E-state index contributed by atoms with van der Waals surface area (Å²) < 4.78 is 13.3. The largest absolute Gasteiger partial charge is 0.507 e. The number of aromatic nitrogens is 1. The SMILES string of the molecule is O=C1C[C@H](c2cc3cccc4c3n(c2=O)CCC4)c2c(cc(O)c3c(=O)c(-c4ccccc4)coc23)O1. The third-order valence-corrected chi connectivity index (χ3v) is 7.48. The van der Waals surface area contributed by atoms with Crippen molar-refractivity contribution < 1.29 is 19.1 Å². The summed E-state index contributed by atoms with van der Waals surface area (Å²) in [5, 5.41) is 11.7. The molecule has 0 saturated heterocycles. The lowest BCUT2D eigenvalue weighted by Gasteiger charge is -2.27. The molecule has 3 aromatic carbocycles. The van der Waals surface area contributed by atoms with Crippen LogP contribution in [0.1, 0.15) is 35.4 Å². The standard InChI is InChI=1S/C30H21NO6/c32-22-14-23-25(29-26(22)28(34)21(15-36-29)16-6-2-1-3-7-16)19(13-24(33)37-23)20-12-18-9-4-8-17-10-5-11-31(27(17)18)30(20)35/h1-4,6-9,12,14-15,19,32H,5,10-11,13H2/t19-/m1/s1. The first kappa shape index (κ1) is 21.6. The van der Waals surface area contributed by atoms with Crippen LogP contribution in [0.3, 0.4) is 0 Å². The number of rotatable bonds is 2.